The highest BCUT2D eigenvalue weighted by Gasteiger charge is 2.24. The van der Waals surface area contributed by atoms with Crippen LogP contribution in [0.1, 0.15) is 32.4 Å². The van der Waals surface area contributed by atoms with Crippen LogP contribution in [0.15, 0.2) is 35.3 Å². The number of carbonyl (C=O) groups is 1. The zero-order chi connectivity index (χ0) is 21.2. The Hall–Kier alpha value is -1.39. The first-order valence-electron chi connectivity index (χ1n) is 10.5. The second-order valence-corrected chi connectivity index (χ2v) is 8.07. The van der Waals surface area contributed by atoms with Crippen LogP contribution in [0.2, 0.25) is 0 Å². The topological polar surface area (TPSA) is 69.2 Å². The number of amides is 1. The molecule has 170 valence electrons. The van der Waals surface area contributed by atoms with E-state index in [2.05, 4.69) is 53.4 Å². The van der Waals surface area contributed by atoms with E-state index in [9.17, 15) is 4.79 Å². The molecule has 8 heteroatoms. The minimum absolute atomic E-state index is 0. The number of ether oxygens (including phenoxy) is 1. The summed E-state index contributed by atoms with van der Waals surface area (Å²) in [6.07, 6.45) is 0. The van der Waals surface area contributed by atoms with Crippen LogP contribution in [0.25, 0.3) is 0 Å². The normalized spacial score (nSPS) is 17.1. The summed E-state index contributed by atoms with van der Waals surface area (Å²) in [6.45, 7) is 10.9. The molecule has 1 heterocycles. The van der Waals surface area contributed by atoms with Crippen molar-refractivity contribution in [1.82, 2.24) is 20.4 Å². The van der Waals surface area contributed by atoms with Crippen molar-refractivity contribution in [2.45, 2.75) is 32.9 Å². The van der Waals surface area contributed by atoms with Gasteiger partial charge in [0.05, 0.1) is 19.3 Å². The van der Waals surface area contributed by atoms with Gasteiger partial charge in [-0.3, -0.25) is 9.69 Å². The first kappa shape index (κ1) is 26.6. The first-order valence-corrected chi connectivity index (χ1v) is 10.5. The lowest BCUT2D eigenvalue weighted by Gasteiger charge is -2.37. The van der Waals surface area contributed by atoms with Gasteiger partial charge in [-0.1, -0.05) is 44.2 Å². The van der Waals surface area contributed by atoms with Crippen LogP contribution in [-0.2, 0) is 9.53 Å². The summed E-state index contributed by atoms with van der Waals surface area (Å²) in [5, 5.41) is 6.93. The highest BCUT2D eigenvalue weighted by atomic mass is 127. The van der Waals surface area contributed by atoms with Crippen molar-refractivity contribution in [2.24, 2.45) is 10.9 Å². The van der Waals surface area contributed by atoms with Crippen molar-refractivity contribution in [2.75, 3.05) is 53.5 Å². The molecule has 30 heavy (non-hydrogen) atoms. The fraction of sp³-hybridized carbons (Fsp3) is 0.636. The fourth-order valence-electron chi connectivity index (χ4n) is 3.37. The van der Waals surface area contributed by atoms with E-state index in [1.807, 2.05) is 18.2 Å². The standard InChI is InChI=1S/C22H37N5O2.HI/c1-17(2)20(27-11-13-29-14-12-27)15-23-22(24-16-21(28)26(4)5)25-18(3)19-9-7-6-8-10-19;/h6-10,17-18,20H,11-16H2,1-5H3,(H2,23,24,25);1H. The Morgan fingerprint density at radius 1 is 1.17 bits per heavy atom. The molecule has 0 bridgehead atoms. The fourth-order valence-corrected chi connectivity index (χ4v) is 3.37. The molecule has 0 saturated carbocycles. The molecule has 0 aromatic heterocycles. The Morgan fingerprint density at radius 2 is 1.80 bits per heavy atom. The van der Waals surface area contributed by atoms with Gasteiger partial charge in [0.2, 0.25) is 5.91 Å². The molecule has 1 aromatic rings. The second kappa shape index (κ2) is 13.8. The quantitative estimate of drug-likeness (QED) is 0.306. The van der Waals surface area contributed by atoms with E-state index >= 15 is 0 Å². The molecule has 1 aliphatic heterocycles. The summed E-state index contributed by atoms with van der Waals surface area (Å²) >= 11 is 0. The van der Waals surface area contributed by atoms with Gasteiger partial charge in [-0.2, -0.15) is 0 Å². The van der Waals surface area contributed by atoms with Crippen LogP contribution in [0, 0.1) is 5.92 Å². The third-order valence-corrected chi connectivity index (χ3v) is 5.29. The number of hydrogen-bond acceptors (Lipinski definition) is 4. The number of morpholine rings is 1. The molecule has 1 saturated heterocycles. The number of aliphatic imine (C=N–C) groups is 1. The van der Waals surface area contributed by atoms with Gasteiger partial charge < -0.3 is 20.3 Å². The average molecular weight is 531 g/mol. The molecule has 2 rings (SSSR count). The van der Waals surface area contributed by atoms with Gasteiger partial charge in [-0.15, -0.1) is 24.0 Å². The molecule has 1 aliphatic rings. The Bertz CT molecular complexity index is 648. The number of rotatable bonds is 8. The van der Waals surface area contributed by atoms with Gasteiger partial charge in [0, 0.05) is 39.8 Å². The Morgan fingerprint density at radius 3 is 2.37 bits per heavy atom. The smallest absolute Gasteiger partial charge is 0.243 e. The zero-order valence-corrected chi connectivity index (χ0v) is 21.3. The minimum atomic E-state index is -0.0212. The van der Waals surface area contributed by atoms with E-state index in [4.69, 9.17) is 4.74 Å². The number of benzene rings is 1. The molecule has 0 aliphatic carbocycles. The van der Waals surface area contributed by atoms with E-state index in [-0.39, 0.29) is 42.5 Å². The highest BCUT2D eigenvalue weighted by Crippen LogP contribution is 2.13. The maximum atomic E-state index is 12.0. The lowest BCUT2D eigenvalue weighted by atomic mass is 10.0. The van der Waals surface area contributed by atoms with Crippen LogP contribution >= 0.6 is 24.0 Å². The predicted molar refractivity (Wildman–Crippen MR) is 133 cm³/mol. The number of nitrogens with one attached hydrogen (secondary N) is 2. The van der Waals surface area contributed by atoms with Gasteiger partial charge in [-0.25, -0.2) is 4.99 Å². The van der Waals surface area contributed by atoms with Crippen molar-refractivity contribution in [1.29, 1.82) is 0 Å². The van der Waals surface area contributed by atoms with Gasteiger partial charge in [0.25, 0.3) is 0 Å². The van der Waals surface area contributed by atoms with Crippen molar-refractivity contribution in [3.05, 3.63) is 35.9 Å². The summed E-state index contributed by atoms with van der Waals surface area (Å²) in [5.41, 5.74) is 1.18. The molecule has 0 spiro atoms. The maximum Gasteiger partial charge on any atom is 0.243 e. The predicted octanol–water partition coefficient (Wildman–Crippen LogP) is 2.35. The molecule has 2 atom stereocenters. The van der Waals surface area contributed by atoms with Crippen LogP contribution in [0.5, 0.6) is 0 Å². The molecule has 7 nitrogen and oxygen atoms in total. The number of likely N-dealkylation sites (N-methyl/N-ethyl adjacent to an activating group) is 1. The monoisotopic (exact) mass is 531 g/mol. The summed E-state index contributed by atoms with van der Waals surface area (Å²) in [7, 11) is 3.50. The van der Waals surface area contributed by atoms with E-state index < -0.39 is 0 Å². The van der Waals surface area contributed by atoms with Crippen LogP contribution < -0.4 is 10.6 Å². The van der Waals surface area contributed by atoms with E-state index in [0.29, 0.717) is 17.9 Å². The number of halogens is 1. The highest BCUT2D eigenvalue weighted by molar-refractivity contribution is 14.0. The van der Waals surface area contributed by atoms with Crippen LogP contribution in [0.3, 0.4) is 0 Å². The number of hydrogen-bond donors (Lipinski definition) is 2. The molecule has 0 radical (unpaired) electrons. The van der Waals surface area contributed by atoms with Gasteiger partial charge in [-0.05, 0) is 18.4 Å². The van der Waals surface area contributed by atoms with Crippen LogP contribution in [-0.4, -0.2) is 81.2 Å². The van der Waals surface area contributed by atoms with Crippen LogP contribution in [0.4, 0.5) is 0 Å². The second-order valence-electron chi connectivity index (χ2n) is 8.07. The molecule has 1 amide bonds. The summed E-state index contributed by atoms with van der Waals surface area (Å²) < 4.78 is 5.50. The zero-order valence-electron chi connectivity index (χ0n) is 18.9. The van der Waals surface area contributed by atoms with Gasteiger partial charge in [0.1, 0.15) is 6.54 Å². The van der Waals surface area contributed by atoms with Crippen molar-refractivity contribution < 1.29 is 9.53 Å². The van der Waals surface area contributed by atoms with E-state index in [1.54, 1.807) is 19.0 Å². The van der Waals surface area contributed by atoms with Crippen molar-refractivity contribution in [3.63, 3.8) is 0 Å². The Labute approximate surface area is 198 Å². The molecule has 1 fully saturated rings. The van der Waals surface area contributed by atoms with Gasteiger partial charge >= 0.3 is 0 Å². The first-order chi connectivity index (χ1) is 13.9. The van der Waals surface area contributed by atoms with E-state index in [0.717, 1.165) is 32.8 Å². The van der Waals surface area contributed by atoms with Gasteiger partial charge in [0.15, 0.2) is 5.96 Å². The van der Waals surface area contributed by atoms with Crippen molar-refractivity contribution in [3.8, 4) is 0 Å². The van der Waals surface area contributed by atoms with Crippen molar-refractivity contribution >= 4 is 35.8 Å². The lowest BCUT2D eigenvalue weighted by Crippen LogP contribution is -2.52. The molecule has 2 N–H and O–H groups in total. The number of nitrogens with zero attached hydrogens (tertiary/aromatic N) is 3. The molecule has 2 unspecified atom stereocenters. The van der Waals surface area contributed by atoms with E-state index in [1.165, 1.54) is 5.56 Å². The Balaban J connectivity index is 0.00000450. The third-order valence-electron chi connectivity index (χ3n) is 5.29. The average Bonchev–Trinajstić information content (AvgIpc) is 2.72. The maximum absolute atomic E-state index is 12.0. The lowest BCUT2D eigenvalue weighted by molar-refractivity contribution is -0.127. The largest absolute Gasteiger partial charge is 0.379 e. The number of carbonyl (C=O) groups excluding carboxylic acids is 1. The molecular weight excluding hydrogens is 493 g/mol. The molecule has 1 aromatic carbocycles. The molecular formula is C22H38IN5O2. The Kier molecular flexibility index (Phi) is 12.3. The number of guanidine groups is 1. The SMILES string of the molecule is CC(NC(=NCC(=O)N(C)C)NCC(C(C)C)N1CCOCC1)c1ccccc1.I. The summed E-state index contributed by atoms with van der Waals surface area (Å²) in [4.78, 5) is 20.6. The minimum Gasteiger partial charge on any atom is -0.379 e. The summed E-state index contributed by atoms with van der Waals surface area (Å²) in [5.74, 6) is 1.14. The third kappa shape index (κ3) is 8.77. The summed E-state index contributed by atoms with van der Waals surface area (Å²) in [6, 6.07) is 10.7.